The number of likely N-dealkylation sites (N-methyl/N-ethyl adjacent to an activating group) is 1. The van der Waals surface area contributed by atoms with Crippen molar-refractivity contribution in [2.45, 2.75) is 69.5 Å². The van der Waals surface area contributed by atoms with Gasteiger partial charge in [-0.3, -0.25) is 4.90 Å². The second kappa shape index (κ2) is 13.2. The van der Waals surface area contributed by atoms with E-state index in [0.717, 1.165) is 12.0 Å². The van der Waals surface area contributed by atoms with E-state index in [4.69, 9.17) is 4.74 Å². The molecule has 1 aliphatic heterocycles. The Balaban J connectivity index is 1.62. The van der Waals surface area contributed by atoms with Gasteiger partial charge in [-0.05, 0) is 68.6 Å². The van der Waals surface area contributed by atoms with Crippen LogP contribution in [0.1, 0.15) is 67.4 Å². The highest BCUT2D eigenvalue weighted by Gasteiger charge is 2.38. The van der Waals surface area contributed by atoms with E-state index in [9.17, 15) is 23.4 Å². The van der Waals surface area contributed by atoms with Crippen LogP contribution in [0, 0.1) is 23.7 Å². The summed E-state index contributed by atoms with van der Waals surface area (Å²) in [5.74, 6) is 6.22. The summed E-state index contributed by atoms with van der Waals surface area (Å²) in [5, 5.41) is 19.2. The van der Waals surface area contributed by atoms with Crippen molar-refractivity contribution in [3.05, 3.63) is 59.2 Å². The molecule has 2 N–H and O–H groups in total. The Kier molecular flexibility index (Phi) is 9.90. The largest absolute Gasteiger partial charge is 0.487 e. The molecular formula is C31H40N2O6S. The molecule has 0 bridgehead atoms. The van der Waals surface area contributed by atoms with E-state index in [0.29, 0.717) is 24.6 Å². The van der Waals surface area contributed by atoms with Crippen molar-refractivity contribution in [1.29, 1.82) is 0 Å². The molecular weight excluding hydrogens is 528 g/mol. The summed E-state index contributed by atoms with van der Waals surface area (Å²) in [6, 6.07) is 11.2. The number of sulfonamides is 1. The van der Waals surface area contributed by atoms with Crippen molar-refractivity contribution in [2.75, 3.05) is 26.7 Å². The molecule has 0 unspecified atom stereocenters. The maximum atomic E-state index is 13.7. The van der Waals surface area contributed by atoms with Gasteiger partial charge in [-0.25, -0.2) is 13.2 Å². The minimum Gasteiger partial charge on any atom is -0.487 e. The Morgan fingerprint density at radius 3 is 2.65 bits per heavy atom. The number of carboxylic acids is 1. The van der Waals surface area contributed by atoms with Gasteiger partial charge in [0.25, 0.3) is 0 Å². The van der Waals surface area contributed by atoms with Gasteiger partial charge in [-0.2, -0.15) is 4.31 Å². The number of carboxylic acid groups (broad SMARTS) is 1. The molecule has 0 spiro atoms. The molecule has 0 amide bonds. The third-order valence-corrected chi connectivity index (χ3v) is 9.90. The molecule has 1 saturated carbocycles. The minimum atomic E-state index is -3.92. The Morgan fingerprint density at radius 2 is 1.95 bits per heavy atom. The number of nitrogens with zero attached hydrogens (tertiary/aromatic N) is 2. The van der Waals surface area contributed by atoms with E-state index >= 15 is 0 Å². The van der Waals surface area contributed by atoms with Gasteiger partial charge >= 0.3 is 5.97 Å². The van der Waals surface area contributed by atoms with Gasteiger partial charge in [0.15, 0.2) is 0 Å². The molecule has 0 saturated heterocycles. The first-order valence-corrected chi connectivity index (χ1v) is 15.5. The number of fused-ring (bicyclic) bond motifs is 1. The lowest BCUT2D eigenvalue weighted by Crippen LogP contribution is -2.49. The first-order valence-electron chi connectivity index (χ1n) is 14.0. The maximum Gasteiger partial charge on any atom is 0.335 e. The monoisotopic (exact) mass is 568 g/mol. The van der Waals surface area contributed by atoms with Crippen LogP contribution in [0.4, 0.5) is 0 Å². The predicted octanol–water partition coefficient (Wildman–Crippen LogP) is 4.22. The highest BCUT2D eigenvalue weighted by Crippen LogP contribution is 2.34. The summed E-state index contributed by atoms with van der Waals surface area (Å²) in [7, 11) is -1.99. The second-order valence-corrected chi connectivity index (χ2v) is 13.1. The molecule has 216 valence electrons. The Hall–Kier alpha value is -2.90. The van der Waals surface area contributed by atoms with Crippen molar-refractivity contribution in [1.82, 2.24) is 9.21 Å². The average molecular weight is 569 g/mol. The van der Waals surface area contributed by atoms with Crippen molar-refractivity contribution in [3.63, 3.8) is 0 Å². The summed E-state index contributed by atoms with van der Waals surface area (Å²) in [4.78, 5) is 13.5. The van der Waals surface area contributed by atoms with Gasteiger partial charge in [0.05, 0.1) is 12.2 Å². The fraction of sp³-hybridized carbons (Fsp3) is 0.516. The number of aliphatic hydroxyl groups excluding tert-OH is 1. The normalized spacial score (nSPS) is 21.9. The highest BCUT2D eigenvalue weighted by molar-refractivity contribution is 7.89. The lowest BCUT2D eigenvalue weighted by Gasteiger charge is -2.37. The summed E-state index contributed by atoms with van der Waals surface area (Å²) in [6.45, 7) is 4.54. The summed E-state index contributed by atoms with van der Waals surface area (Å²) < 4.78 is 35.3. The van der Waals surface area contributed by atoms with Crippen LogP contribution in [0.5, 0.6) is 5.75 Å². The quantitative estimate of drug-likeness (QED) is 0.459. The van der Waals surface area contributed by atoms with Gasteiger partial charge < -0.3 is 14.9 Å². The van der Waals surface area contributed by atoms with Crippen molar-refractivity contribution >= 4 is 16.0 Å². The molecule has 2 aromatic carbocycles. The molecule has 40 heavy (non-hydrogen) atoms. The van der Waals surface area contributed by atoms with Gasteiger partial charge in [0, 0.05) is 43.6 Å². The topological polar surface area (TPSA) is 107 Å². The number of aliphatic hydroxyl groups is 1. The van der Waals surface area contributed by atoms with E-state index in [2.05, 4.69) is 11.8 Å². The Bertz CT molecular complexity index is 1360. The highest BCUT2D eigenvalue weighted by atomic mass is 32.2. The molecule has 1 aliphatic carbocycles. The van der Waals surface area contributed by atoms with Crippen LogP contribution in [0.25, 0.3) is 0 Å². The number of ether oxygens (including phenoxy) is 1. The van der Waals surface area contributed by atoms with Crippen LogP contribution in [-0.4, -0.2) is 72.7 Å². The molecule has 4 rings (SSSR count). The standard InChI is InChI=1S/C31H40N2O6S/c1-22-18-33(23(2)21-34)40(37,38)30-15-14-25(11-6-10-24-8-4-5-9-24)17-28(30)39-29(22)20-32(3)19-26-12-7-13-27(16-26)31(35)36/h7,12-17,22-24,29,34H,4-5,8-10,18-21H2,1-3H3,(H,35,36)/t22-,23+,29+/m0/s1. The number of aromatic carboxylic acids is 1. The van der Waals surface area contributed by atoms with Gasteiger partial charge in [-0.1, -0.05) is 43.7 Å². The predicted molar refractivity (Wildman–Crippen MR) is 154 cm³/mol. The number of rotatable bonds is 8. The SMILES string of the molecule is C[C@H](CO)N1C[C@H](C)[C@@H](CN(C)Cc2cccc(C(=O)O)c2)Oc2cc(C#CCC3CCCC3)ccc2S1(=O)=O. The zero-order chi connectivity index (χ0) is 28.9. The zero-order valence-electron chi connectivity index (χ0n) is 23.5. The van der Waals surface area contributed by atoms with Gasteiger partial charge in [0.1, 0.15) is 16.7 Å². The van der Waals surface area contributed by atoms with E-state index in [1.54, 1.807) is 43.3 Å². The molecule has 1 heterocycles. The molecule has 3 atom stereocenters. The van der Waals surface area contributed by atoms with Crippen LogP contribution < -0.4 is 4.74 Å². The zero-order valence-corrected chi connectivity index (χ0v) is 24.4. The van der Waals surface area contributed by atoms with Gasteiger partial charge in [-0.15, -0.1) is 0 Å². The van der Waals surface area contributed by atoms with Crippen molar-refractivity contribution in [3.8, 4) is 17.6 Å². The van der Waals surface area contributed by atoms with E-state index in [1.165, 1.54) is 30.0 Å². The third kappa shape index (κ3) is 7.24. The molecule has 0 aromatic heterocycles. The number of benzene rings is 2. The smallest absolute Gasteiger partial charge is 0.335 e. The Morgan fingerprint density at radius 1 is 1.20 bits per heavy atom. The third-order valence-electron chi connectivity index (χ3n) is 7.88. The van der Waals surface area contributed by atoms with Gasteiger partial charge in [0.2, 0.25) is 10.0 Å². The van der Waals surface area contributed by atoms with Crippen LogP contribution in [-0.2, 0) is 16.6 Å². The van der Waals surface area contributed by atoms with Crippen molar-refractivity contribution in [2.24, 2.45) is 11.8 Å². The molecule has 2 aliphatic rings. The molecule has 1 fully saturated rings. The summed E-state index contributed by atoms with van der Waals surface area (Å²) in [5.41, 5.74) is 1.80. The Labute approximate surface area is 238 Å². The van der Waals surface area contributed by atoms with E-state index < -0.39 is 22.0 Å². The number of hydrogen-bond donors (Lipinski definition) is 2. The lowest BCUT2D eigenvalue weighted by atomic mass is 10.0. The second-order valence-electron chi connectivity index (χ2n) is 11.3. The van der Waals surface area contributed by atoms with Crippen LogP contribution in [0.3, 0.4) is 0 Å². The first kappa shape index (κ1) is 30.1. The fourth-order valence-electron chi connectivity index (χ4n) is 5.52. The minimum absolute atomic E-state index is 0.0721. The molecule has 2 aromatic rings. The summed E-state index contributed by atoms with van der Waals surface area (Å²) >= 11 is 0. The lowest BCUT2D eigenvalue weighted by molar-refractivity contribution is 0.0693. The maximum absolute atomic E-state index is 13.7. The first-order chi connectivity index (χ1) is 19.1. The molecule has 0 radical (unpaired) electrons. The molecule has 9 heteroatoms. The van der Waals surface area contributed by atoms with E-state index in [1.807, 2.05) is 24.9 Å². The van der Waals surface area contributed by atoms with Crippen molar-refractivity contribution < 1.29 is 28.2 Å². The fourth-order valence-corrected chi connectivity index (χ4v) is 7.35. The van der Waals surface area contributed by atoms with Crippen LogP contribution in [0.15, 0.2) is 47.4 Å². The summed E-state index contributed by atoms with van der Waals surface area (Å²) in [6.07, 6.45) is 5.43. The average Bonchev–Trinajstić information content (AvgIpc) is 3.44. The number of carbonyl (C=O) groups is 1. The number of hydrogen-bond acceptors (Lipinski definition) is 6. The van der Waals surface area contributed by atoms with Crippen LogP contribution in [0.2, 0.25) is 0 Å². The van der Waals surface area contributed by atoms with Crippen LogP contribution >= 0.6 is 0 Å². The van der Waals surface area contributed by atoms with E-state index in [-0.39, 0.29) is 41.4 Å². The molecule has 8 nitrogen and oxygen atoms in total.